The largest absolute Gasteiger partial charge is 0.468 e. The standard InChI is InChI=1S/C12H10F2N2O2S/c1-6(12(17)18-2)19-11-5-15-9-3-7(13)8(14)4-10(9)16-11/h3-6H,1-2H3/t6-/m1/s1. The predicted octanol–water partition coefficient (Wildman–Crippen LogP) is 2.56. The third-order valence-electron chi connectivity index (χ3n) is 2.39. The molecule has 0 radical (unpaired) electrons. The summed E-state index contributed by atoms with van der Waals surface area (Å²) in [7, 11) is 1.30. The number of benzene rings is 1. The summed E-state index contributed by atoms with van der Waals surface area (Å²) in [6.45, 7) is 1.66. The average molecular weight is 284 g/mol. The number of esters is 1. The molecule has 0 saturated carbocycles. The van der Waals surface area contributed by atoms with Crippen LogP contribution in [-0.2, 0) is 9.53 Å². The van der Waals surface area contributed by atoms with Crippen LogP contribution in [0, 0.1) is 11.6 Å². The number of hydrogen-bond donors (Lipinski definition) is 0. The van der Waals surface area contributed by atoms with E-state index in [1.54, 1.807) is 6.92 Å². The first-order valence-corrected chi connectivity index (χ1v) is 6.25. The zero-order valence-electron chi connectivity index (χ0n) is 10.2. The fraction of sp³-hybridized carbons (Fsp3) is 0.250. The van der Waals surface area contributed by atoms with Crippen LogP contribution < -0.4 is 0 Å². The van der Waals surface area contributed by atoms with E-state index in [0.717, 1.165) is 23.9 Å². The summed E-state index contributed by atoms with van der Waals surface area (Å²) in [5, 5.41) is -0.0153. The van der Waals surface area contributed by atoms with Gasteiger partial charge in [-0.15, -0.1) is 0 Å². The van der Waals surface area contributed by atoms with Gasteiger partial charge in [-0.1, -0.05) is 11.8 Å². The Bertz CT molecular complexity index is 636. The highest BCUT2D eigenvalue weighted by molar-refractivity contribution is 8.00. The van der Waals surface area contributed by atoms with Crippen molar-refractivity contribution in [1.29, 1.82) is 0 Å². The molecule has 0 unspecified atom stereocenters. The Morgan fingerprint density at radius 3 is 2.58 bits per heavy atom. The molecule has 19 heavy (non-hydrogen) atoms. The number of rotatable bonds is 3. The van der Waals surface area contributed by atoms with Gasteiger partial charge in [0.15, 0.2) is 11.6 Å². The molecule has 7 heteroatoms. The minimum Gasteiger partial charge on any atom is -0.468 e. The van der Waals surface area contributed by atoms with Crippen molar-refractivity contribution in [2.24, 2.45) is 0 Å². The topological polar surface area (TPSA) is 52.1 Å². The predicted molar refractivity (Wildman–Crippen MR) is 66.8 cm³/mol. The zero-order valence-corrected chi connectivity index (χ0v) is 11.0. The van der Waals surface area contributed by atoms with Gasteiger partial charge in [0, 0.05) is 12.1 Å². The summed E-state index contributed by atoms with van der Waals surface area (Å²) < 4.78 is 30.7. The van der Waals surface area contributed by atoms with E-state index in [1.807, 2.05) is 0 Å². The Morgan fingerprint density at radius 1 is 1.32 bits per heavy atom. The van der Waals surface area contributed by atoms with E-state index in [0.29, 0.717) is 5.03 Å². The molecular weight excluding hydrogens is 274 g/mol. The molecule has 1 aromatic heterocycles. The van der Waals surface area contributed by atoms with Gasteiger partial charge in [0.25, 0.3) is 0 Å². The number of halogens is 2. The van der Waals surface area contributed by atoms with E-state index in [4.69, 9.17) is 0 Å². The molecule has 0 fully saturated rings. The number of carbonyl (C=O) groups excluding carboxylic acids is 1. The van der Waals surface area contributed by atoms with Crippen molar-refractivity contribution in [2.45, 2.75) is 17.2 Å². The number of aromatic nitrogens is 2. The summed E-state index contributed by atoms with van der Waals surface area (Å²) in [5.41, 5.74) is 0.495. The molecule has 0 saturated heterocycles. The maximum absolute atomic E-state index is 13.1. The molecule has 0 bridgehead atoms. The Hall–Kier alpha value is -1.76. The first-order chi connectivity index (χ1) is 9.01. The summed E-state index contributed by atoms with van der Waals surface area (Å²) in [6.07, 6.45) is 1.41. The monoisotopic (exact) mass is 284 g/mol. The van der Waals surface area contributed by atoms with E-state index < -0.39 is 22.9 Å². The van der Waals surface area contributed by atoms with Crippen LogP contribution in [0.15, 0.2) is 23.4 Å². The van der Waals surface area contributed by atoms with Gasteiger partial charge in [0.05, 0.1) is 24.3 Å². The fourth-order valence-electron chi connectivity index (χ4n) is 1.44. The molecule has 4 nitrogen and oxygen atoms in total. The van der Waals surface area contributed by atoms with Crippen molar-refractivity contribution in [2.75, 3.05) is 7.11 Å². The van der Waals surface area contributed by atoms with Crippen LogP contribution in [0.3, 0.4) is 0 Å². The number of methoxy groups -OCH3 is 1. The second-order valence-corrected chi connectivity index (χ2v) is 5.11. The Balaban J connectivity index is 2.31. The van der Waals surface area contributed by atoms with Crippen molar-refractivity contribution < 1.29 is 18.3 Å². The molecule has 1 aromatic carbocycles. The number of nitrogens with zero attached hydrogens (tertiary/aromatic N) is 2. The van der Waals surface area contributed by atoms with Gasteiger partial charge < -0.3 is 4.74 Å². The molecule has 0 amide bonds. The Kier molecular flexibility index (Phi) is 3.94. The van der Waals surface area contributed by atoms with Gasteiger partial charge in [-0.2, -0.15) is 0 Å². The first kappa shape index (κ1) is 13.7. The molecule has 0 aliphatic rings. The number of fused-ring (bicyclic) bond motifs is 1. The van der Waals surface area contributed by atoms with Crippen LogP contribution in [0.2, 0.25) is 0 Å². The summed E-state index contributed by atoms with van der Waals surface area (Å²) >= 11 is 1.14. The highest BCUT2D eigenvalue weighted by Crippen LogP contribution is 2.24. The van der Waals surface area contributed by atoms with E-state index >= 15 is 0 Å². The third-order valence-corrected chi connectivity index (χ3v) is 3.38. The molecule has 0 aliphatic carbocycles. The number of carbonyl (C=O) groups is 1. The summed E-state index contributed by atoms with van der Waals surface area (Å²) in [4.78, 5) is 19.4. The Labute approximate surface area is 112 Å². The van der Waals surface area contributed by atoms with Crippen LogP contribution in [0.25, 0.3) is 11.0 Å². The minimum absolute atomic E-state index is 0.237. The van der Waals surface area contributed by atoms with Crippen molar-refractivity contribution in [3.8, 4) is 0 Å². The first-order valence-electron chi connectivity index (χ1n) is 5.37. The highest BCUT2D eigenvalue weighted by atomic mass is 32.2. The third kappa shape index (κ3) is 2.98. The lowest BCUT2D eigenvalue weighted by atomic mass is 10.3. The van der Waals surface area contributed by atoms with Crippen LogP contribution >= 0.6 is 11.8 Å². The highest BCUT2D eigenvalue weighted by Gasteiger charge is 2.16. The van der Waals surface area contributed by atoms with E-state index in [-0.39, 0.29) is 11.0 Å². The average Bonchev–Trinajstić information content (AvgIpc) is 2.39. The van der Waals surface area contributed by atoms with Crippen LogP contribution in [-0.4, -0.2) is 28.3 Å². The SMILES string of the molecule is COC(=O)[C@@H](C)Sc1cnc2cc(F)c(F)cc2n1. The fourth-order valence-corrected chi connectivity index (χ4v) is 2.26. The van der Waals surface area contributed by atoms with Gasteiger partial charge in [-0.3, -0.25) is 9.78 Å². The van der Waals surface area contributed by atoms with Crippen molar-refractivity contribution in [3.63, 3.8) is 0 Å². The van der Waals surface area contributed by atoms with E-state index in [1.165, 1.54) is 13.3 Å². The van der Waals surface area contributed by atoms with E-state index in [2.05, 4.69) is 14.7 Å². The summed E-state index contributed by atoms with van der Waals surface area (Å²) in [6, 6.07) is 1.96. The second kappa shape index (κ2) is 5.48. The van der Waals surface area contributed by atoms with Crippen LogP contribution in [0.1, 0.15) is 6.92 Å². The number of thioether (sulfide) groups is 1. The van der Waals surface area contributed by atoms with Crippen LogP contribution in [0.4, 0.5) is 8.78 Å². The maximum atomic E-state index is 13.1. The number of hydrogen-bond acceptors (Lipinski definition) is 5. The van der Waals surface area contributed by atoms with Crippen molar-refractivity contribution >= 4 is 28.8 Å². The molecular formula is C12H10F2N2O2S. The van der Waals surface area contributed by atoms with E-state index in [9.17, 15) is 13.6 Å². The second-order valence-electron chi connectivity index (χ2n) is 3.75. The van der Waals surface area contributed by atoms with Gasteiger partial charge in [-0.25, -0.2) is 13.8 Å². The van der Waals surface area contributed by atoms with Crippen molar-refractivity contribution in [1.82, 2.24) is 9.97 Å². The molecule has 1 heterocycles. The van der Waals surface area contributed by atoms with Gasteiger partial charge in [0.2, 0.25) is 0 Å². The van der Waals surface area contributed by atoms with Crippen LogP contribution in [0.5, 0.6) is 0 Å². The Morgan fingerprint density at radius 2 is 1.95 bits per heavy atom. The maximum Gasteiger partial charge on any atom is 0.318 e. The summed E-state index contributed by atoms with van der Waals surface area (Å²) in [5.74, 6) is -2.34. The molecule has 2 aromatic rings. The normalized spacial score (nSPS) is 12.4. The molecule has 1 atom stereocenters. The van der Waals surface area contributed by atoms with Gasteiger partial charge in [0.1, 0.15) is 10.3 Å². The minimum atomic E-state index is -0.982. The van der Waals surface area contributed by atoms with Gasteiger partial charge >= 0.3 is 5.97 Å². The molecule has 2 rings (SSSR count). The molecule has 0 spiro atoms. The zero-order chi connectivity index (χ0) is 14.0. The number of ether oxygens (including phenoxy) is 1. The quantitative estimate of drug-likeness (QED) is 0.640. The lowest BCUT2D eigenvalue weighted by molar-refractivity contribution is -0.139. The molecule has 0 aliphatic heterocycles. The molecule has 0 N–H and O–H groups in total. The van der Waals surface area contributed by atoms with Gasteiger partial charge in [-0.05, 0) is 6.92 Å². The lowest BCUT2D eigenvalue weighted by Gasteiger charge is -2.08. The lowest BCUT2D eigenvalue weighted by Crippen LogP contribution is -2.14. The molecule has 100 valence electrons. The smallest absolute Gasteiger partial charge is 0.318 e. The van der Waals surface area contributed by atoms with Crippen molar-refractivity contribution in [3.05, 3.63) is 30.0 Å².